The number of aromatic nitrogens is 1. The summed E-state index contributed by atoms with van der Waals surface area (Å²) in [7, 11) is 1.68. The molecule has 36 heavy (non-hydrogen) atoms. The third kappa shape index (κ3) is 5.63. The van der Waals surface area contributed by atoms with Crippen LogP contribution in [0.4, 0.5) is 24.5 Å². The average Bonchev–Trinajstić information content (AvgIpc) is 2.87. The fraction of sp³-hybridized carbons (Fsp3) is 0.148. The summed E-state index contributed by atoms with van der Waals surface area (Å²) >= 11 is 0. The van der Waals surface area contributed by atoms with Crippen LogP contribution >= 0.6 is 0 Å². The first-order valence-corrected chi connectivity index (χ1v) is 10.9. The number of fused-ring (bicyclic) bond motifs is 1. The molecule has 0 atom stereocenters. The van der Waals surface area contributed by atoms with E-state index in [2.05, 4.69) is 5.32 Å². The number of anilines is 2. The summed E-state index contributed by atoms with van der Waals surface area (Å²) in [6, 6.07) is 18.9. The van der Waals surface area contributed by atoms with Crippen molar-refractivity contribution in [2.45, 2.75) is 13.1 Å². The van der Waals surface area contributed by atoms with E-state index in [0.717, 1.165) is 52.0 Å². The maximum atomic E-state index is 12.7. The summed E-state index contributed by atoms with van der Waals surface area (Å²) in [6.07, 6.45) is -3.69. The van der Waals surface area contributed by atoms with Crippen LogP contribution in [0, 0.1) is 6.92 Å². The van der Waals surface area contributed by atoms with Gasteiger partial charge in [-0.05, 0) is 73.2 Å². The average molecular weight is 493 g/mol. The maximum Gasteiger partial charge on any atom is 0.416 e. The lowest BCUT2D eigenvalue weighted by molar-refractivity contribution is -0.137. The number of hydrogen-bond donors (Lipinski definition) is 1. The minimum atomic E-state index is -4.43. The Morgan fingerprint density at radius 2 is 1.72 bits per heavy atom. The number of benzene rings is 3. The summed E-state index contributed by atoms with van der Waals surface area (Å²) < 4.78 is 43.3. The molecule has 0 radical (unpaired) electrons. The first-order valence-electron chi connectivity index (χ1n) is 10.9. The van der Waals surface area contributed by atoms with Crippen molar-refractivity contribution in [3.05, 3.63) is 83.9 Å². The zero-order chi connectivity index (χ0) is 25.9. The fourth-order valence-electron chi connectivity index (χ4n) is 3.63. The van der Waals surface area contributed by atoms with Crippen LogP contribution in [0.3, 0.4) is 0 Å². The zero-order valence-corrected chi connectivity index (χ0v) is 19.5. The summed E-state index contributed by atoms with van der Waals surface area (Å²) in [5.41, 5.74) is 3.92. The number of carbonyl (C=O) groups excluding carboxylic acids is 2. The molecular formula is C27H22F3N3O3. The fourth-order valence-corrected chi connectivity index (χ4v) is 3.63. The minimum absolute atomic E-state index is 0.162. The Balaban J connectivity index is 1.44. The number of pyridine rings is 1. The highest BCUT2D eigenvalue weighted by Gasteiger charge is 2.30. The van der Waals surface area contributed by atoms with E-state index >= 15 is 0 Å². The van der Waals surface area contributed by atoms with Crippen molar-refractivity contribution in [3.63, 3.8) is 0 Å². The molecule has 9 heteroatoms. The summed E-state index contributed by atoms with van der Waals surface area (Å²) in [5, 5.41) is 3.59. The Hall–Kier alpha value is -4.40. The molecule has 1 heterocycles. The van der Waals surface area contributed by atoms with Gasteiger partial charge in [0.25, 0.3) is 5.91 Å². The van der Waals surface area contributed by atoms with Gasteiger partial charge in [0.2, 0.25) is 6.41 Å². The Morgan fingerprint density at radius 1 is 1.03 bits per heavy atom. The predicted molar refractivity (Wildman–Crippen MR) is 132 cm³/mol. The van der Waals surface area contributed by atoms with Gasteiger partial charge in [0.1, 0.15) is 5.75 Å². The lowest BCUT2D eigenvalue weighted by atomic mass is 10.0. The van der Waals surface area contributed by atoms with Gasteiger partial charge < -0.3 is 15.0 Å². The second-order valence-corrected chi connectivity index (χ2v) is 8.18. The van der Waals surface area contributed by atoms with E-state index < -0.39 is 17.6 Å². The number of amides is 2. The highest BCUT2D eigenvalue weighted by Crippen LogP contribution is 2.30. The number of carbonyl (C=O) groups is 2. The van der Waals surface area contributed by atoms with Gasteiger partial charge in [-0.3, -0.25) is 9.59 Å². The molecule has 0 saturated heterocycles. The molecule has 4 rings (SSSR count). The highest BCUT2D eigenvalue weighted by molar-refractivity contribution is 5.95. The first-order chi connectivity index (χ1) is 17.1. The molecule has 2 amide bonds. The van der Waals surface area contributed by atoms with Gasteiger partial charge in [-0.2, -0.15) is 13.2 Å². The molecule has 0 unspecified atom stereocenters. The van der Waals surface area contributed by atoms with Gasteiger partial charge in [0.05, 0.1) is 16.8 Å². The van der Waals surface area contributed by atoms with Crippen LogP contribution in [0.1, 0.15) is 11.1 Å². The van der Waals surface area contributed by atoms with E-state index in [4.69, 9.17) is 9.72 Å². The van der Waals surface area contributed by atoms with E-state index in [1.54, 1.807) is 25.2 Å². The molecule has 184 valence electrons. The van der Waals surface area contributed by atoms with E-state index in [1.165, 1.54) is 17.0 Å². The van der Waals surface area contributed by atoms with Gasteiger partial charge in [-0.25, -0.2) is 4.98 Å². The molecule has 0 fully saturated rings. The van der Waals surface area contributed by atoms with Gasteiger partial charge in [0.15, 0.2) is 6.61 Å². The molecular weight excluding hydrogens is 471 g/mol. The van der Waals surface area contributed by atoms with Crippen molar-refractivity contribution < 1.29 is 27.5 Å². The van der Waals surface area contributed by atoms with Crippen LogP contribution in [0.25, 0.3) is 22.2 Å². The van der Waals surface area contributed by atoms with Crippen LogP contribution in [0.2, 0.25) is 0 Å². The lowest BCUT2D eigenvalue weighted by Gasteiger charge is -2.13. The molecule has 6 nitrogen and oxygen atoms in total. The summed E-state index contributed by atoms with van der Waals surface area (Å²) in [4.78, 5) is 29.4. The Kier molecular flexibility index (Phi) is 6.91. The summed E-state index contributed by atoms with van der Waals surface area (Å²) in [5.74, 6) is -0.285. The van der Waals surface area contributed by atoms with Crippen LogP contribution in [-0.2, 0) is 15.8 Å². The second-order valence-electron chi connectivity index (χ2n) is 8.18. The molecule has 1 aromatic heterocycles. The van der Waals surface area contributed by atoms with Gasteiger partial charge >= 0.3 is 6.18 Å². The molecule has 0 bridgehead atoms. The predicted octanol–water partition coefficient (Wildman–Crippen LogP) is 5.84. The smallest absolute Gasteiger partial charge is 0.416 e. The van der Waals surface area contributed by atoms with Crippen molar-refractivity contribution in [2.24, 2.45) is 0 Å². The zero-order valence-electron chi connectivity index (χ0n) is 19.5. The van der Waals surface area contributed by atoms with Crippen molar-refractivity contribution in [2.75, 3.05) is 23.9 Å². The molecule has 0 spiro atoms. The van der Waals surface area contributed by atoms with Gasteiger partial charge in [-0.15, -0.1) is 0 Å². The quantitative estimate of drug-likeness (QED) is 0.329. The first kappa shape index (κ1) is 24.7. The minimum Gasteiger partial charge on any atom is -0.484 e. The highest BCUT2D eigenvalue weighted by atomic mass is 19.4. The van der Waals surface area contributed by atoms with Crippen LogP contribution in [0.15, 0.2) is 72.8 Å². The summed E-state index contributed by atoms with van der Waals surface area (Å²) in [6.45, 7) is 1.59. The van der Waals surface area contributed by atoms with E-state index in [-0.39, 0.29) is 12.4 Å². The van der Waals surface area contributed by atoms with Crippen molar-refractivity contribution in [1.29, 1.82) is 0 Å². The van der Waals surface area contributed by atoms with Crippen LogP contribution < -0.4 is 15.0 Å². The van der Waals surface area contributed by atoms with Crippen LogP contribution in [-0.4, -0.2) is 31.0 Å². The van der Waals surface area contributed by atoms with Gasteiger partial charge in [0, 0.05) is 29.4 Å². The second kappa shape index (κ2) is 10.1. The van der Waals surface area contributed by atoms with E-state index in [9.17, 15) is 22.8 Å². The Labute approximate surface area is 205 Å². The molecule has 1 N–H and O–H groups in total. The largest absolute Gasteiger partial charge is 0.484 e. The van der Waals surface area contributed by atoms with Crippen molar-refractivity contribution >= 4 is 34.6 Å². The number of rotatable bonds is 7. The number of halogens is 3. The Morgan fingerprint density at radius 3 is 2.36 bits per heavy atom. The molecule has 4 aromatic rings. The van der Waals surface area contributed by atoms with E-state index in [1.807, 2.05) is 37.3 Å². The number of aryl methyl sites for hydroxylation is 1. The third-order valence-corrected chi connectivity index (χ3v) is 5.58. The normalized spacial score (nSPS) is 11.2. The molecule has 0 aliphatic rings. The monoisotopic (exact) mass is 493 g/mol. The number of ether oxygens (including phenoxy) is 1. The van der Waals surface area contributed by atoms with Crippen molar-refractivity contribution in [3.8, 4) is 17.0 Å². The van der Waals surface area contributed by atoms with Crippen LogP contribution in [0.5, 0.6) is 5.75 Å². The standard InChI is InChI=1S/C27H22F3N3O3/c1-17-13-25(18-3-8-21(9-4-18)33(2)16-34)32-24-12-7-20(14-23(17)24)31-26(35)15-36-22-10-5-19(6-11-22)27(28,29)30/h3-14,16H,15H2,1-2H3,(H,31,35). The van der Waals surface area contributed by atoms with Crippen molar-refractivity contribution in [1.82, 2.24) is 4.98 Å². The number of nitrogens with one attached hydrogen (secondary N) is 1. The Bertz CT molecular complexity index is 1400. The number of nitrogens with zero attached hydrogens (tertiary/aromatic N) is 2. The molecule has 0 aliphatic heterocycles. The van der Waals surface area contributed by atoms with Gasteiger partial charge in [-0.1, -0.05) is 12.1 Å². The molecule has 3 aromatic carbocycles. The maximum absolute atomic E-state index is 12.7. The number of alkyl halides is 3. The topological polar surface area (TPSA) is 71.5 Å². The SMILES string of the molecule is Cc1cc(-c2ccc(N(C)C=O)cc2)nc2ccc(NC(=O)COc3ccc(C(F)(F)F)cc3)cc12. The van der Waals surface area contributed by atoms with E-state index in [0.29, 0.717) is 5.69 Å². The molecule has 0 aliphatic carbocycles. The number of hydrogen-bond acceptors (Lipinski definition) is 4. The third-order valence-electron chi connectivity index (χ3n) is 5.58. The lowest BCUT2D eigenvalue weighted by Crippen LogP contribution is -2.20. The molecule has 0 saturated carbocycles.